The molecule has 0 radical (unpaired) electrons. The molecule has 19 heavy (non-hydrogen) atoms. The molecule has 98 valence electrons. The lowest BCUT2D eigenvalue weighted by Crippen LogP contribution is -2.08. The zero-order valence-corrected chi connectivity index (χ0v) is 12.1. The molecule has 0 aromatic heterocycles. The minimum Gasteiger partial charge on any atom is -0.457 e. The van der Waals surface area contributed by atoms with Crippen LogP contribution in [-0.4, -0.2) is 5.97 Å². The molecule has 3 nitrogen and oxygen atoms in total. The first-order valence-corrected chi connectivity index (χ1v) is 6.61. The first-order valence-electron chi connectivity index (χ1n) is 5.53. The van der Waals surface area contributed by atoms with Crippen molar-refractivity contribution in [2.75, 3.05) is 5.73 Å². The number of hydrogen-bond acceptors (Lipinski definition) is 3. The molecule has 0 bridgehead atoms. The third-order valence-electron chi connectivity index (χ3n) is 2.52. The Labute approximate surface area is 123 Å². The molecule has 0 saturated heterocycles. The van der Waals surface area contributed by atoms with Crippen LogP contribution in [0.3, 0.4) is 0 Å². The second kappa shape index (κ2) is 6.01. The number of benzene rings is 2. The summed E-state index contributed by atoms with van der Waals surface area (Å²) in [6.45, 7) is 0.159. The summed E-state index contributed by atoms with van der Waals surface area (Å²) in [6.07, 6.45) is 0. The monoisotopic (exact) mass is 371 g/mol. The van der Waals surface area contributed by atoms with Crippen LogP contribution in [0.2, 0.25) is 0 Å². The van der Waals surface area contributed by atoms with E-state index in [9.17, 15) is 9.18 Å². The molecule has 2 rings (SSSR count). The highest BCUT2D eigenvalue weighted by molar-refractivity contribution is 14.1. The smallest absolute Gasteiger partial charge is 0.340 e. The minimum atomic E-state index is -0.559. The van der Waals surface area contributed by atoms with E-state index in [2.05, 4.69) is 22.6 Å². The van der Waals surface area contributed by atoms with E-state index in [4.69, 9.17) is 10.5 Å². The number of nitrogens with two attached hydrogens (primary N) is 1. The van der Waals surface area contributed by atoms with E-state index in [0.717, 1.165) is 15.2 Å². The van der Waals surface area contributed by atoms with Crippen LogP contribution in [0.5, 0.6) is 0 Å². The maximum atomic E-state index is 12.9. The lowest BCUT2D eigenvalue weighted by molar-refractivity contribution is 0.0474. The Hall–Kier alpha value is -1.63. The van der Waals surface area contributed by atoms with E-state index >= 15 is 0 Å². The molecule has 2 N–H and O–H groups in total. The molecule has 0 heterocycles. The highest BCUT2D eigenvalue weighted by atomic mass is 127. The summed E-state index contributed by atoms with van der Waals surface area (Å²) in [5.74, 6) is -1.04. The Morgan fingerprint density at radius 1 is 1.21 bits per heavy atom. The van der Waals surface area contributed by atoms with Gasteiger partial charge in [-0.2, -0.15) is 0 Å². The average molecular weight is 371 g/mol. The van der Waals surface area contributed by atoms with Gasteiger partial charge in [0.25, 0.3) is 0 Å². The van der Waals surface area contributed by atoms with E-state index in [1.54, 1.807) is 0 Å². The second-order valence-corrected chi connectivity index (χ2v) is 5.18. The highest BCUT2D eigenvalue weighted by Gasteiger charge is 2.11. The Bertz CT molecular complexity index is 599. The van der Waals surface area contributed by atoms with Gasteiger partial charge in [-0.3, -0.25) is 0 Å². The molecule has 5 heteroatoms. The number of halogens is 2. The van der Waals surface area contributed by atoms with Gasteiger partial charge < -0.3 is 10.5 Å². The van der Waals surface area contributed by atoms with Crippen LogP contribution in [0.1, 0.15) is 15.9 Å². The average Bonchev–Trinajstić information content (AvgIpc) is 2.37. The molecule has 0 spiro atoms. The first-order chi connectivity index (χ1) is 9.06. The first kappa shape index (κ1) is 13.8. The summed E-state index contributed by atoms with van der Waals surface area (Å²) in [6, 6.07) is 11.2. The molecular formula is C14H11FINO2. The van der Waals surface area contributed by atoms with Crippen molar-refractivity contribution in [1.82, 2.24) is 0 Å². The van der Waals surface area contributed by atoms with Gasteiger partial charge >= 0.3 is 5.97 Å². The van der Waals surface area contributed by atoms with E-state index in [-0.39, 0.29) is 17.9 Å². The predicted octanol–water partition coefficient (Wildman–Crippen LogP) is 3.37. The van der Waals surface area contributed by atoms with Crippen molar-refractivity contribution in [3.05, 3.63) is 63.0 Å². The van der Waals surface area contributed by atoms with Crippen molar-refractivity contribution in [3.8, 4) is 0 Å². The molecule has 0 aliphatic carbocycles. The van der Waals surface area contributed by atoms with E-state index in [0.29, 0.717) is 0 Å². The van der Waals surface area contributed by atoms with Crippen molar-refractivity contribution in [2.24, 2.45) is 0 Å². The molecule has 0 aliphatic heterocycles. The van der Waals surface area contributed by atoms with Crippen LogP contribution in [0.25, 0.3) is 0 Å². The fraction of sp³-hybridized carbons (Fsp3) is 0.0714. The number of anilines is 1. The Balaban J connectivity index is 2.03. The van der Waals surface area contributed by atoms with E-state index < -0.39 is 11.8 Å². The lowest BCUT2D eigenvalue weighted by Gasteiger charge is -2.07. The summed E-state index contributed by atoms with van der Waals surface area (Å²) in [7, 11) is 0. The van der Waals surface area contributed by atoms with Gasteiger partial charge in [0, 0.05) is 9.26 Å². The molecule has 0 amide bonds. The molecule has 0 aliphatic rings. The lowest BCUT2D eigenvalue weighted by atomic mass is 10.2. The fourth-order valence-corrected chi connectivity index (χ4v) is 1.89. The predicted molar refractivity (Wildman–Crippen MR) is 79.1 cm³/mol. The summed E-state index contributed by atoms with van der Waals surface area (Å²) >= 11 is 2.20. The van der Waals surface area contributed by atoms with Gasteiger partial charge in [0.2, 0.25) is 0 Å². The molecule has 0 atom stereocenters. The number of hydrogen-bond donors (Lipinski definition) is 1. The molecular weight excluding hydrogens is 360 g/mol. The van der Waals surface area contributed by atoms with Crippen LogP contribution in [-0.2, 0) is 11.3 Å². The topological polar surface area (TPSA) is 52.3 Å². The molecule has 2 aromatic carbocycles. The van der Waals surface area contributed by atoms with Crippen molar-refractivity contribution < 1.29 is 13.9 Å². The summed E-state index contributed by atoms with van der Waals surface area (Å²) < 4.78 is 19.1. The van der Waals surface area contributed by atoms with Crippen molar-refractivity contribution >= 4 is 34.2 Å². The van der Waals surface area contributed by atoms with Gasteiger partial charge in [-0.1, -0.05) is 12.1 Å². The Morgan fingerprint density at radius 2 is 1.89 bits per heavy atom. The Kier molecular flexibility index (Phi) is 4.36. The highest BCUT2D eigenvalue weighted by Crippen LogP contribution is 2.15. The van der Waals surface area contributed by atoms with Gasteiger partial charge in [-0.25, -0.2) is 9.18 Å². The molecule has 0 unspecified atom stereocenters. The molecule has 0 fully saturated rings. The van der Waals surface area contributed by atoms with E-state index in [1.165, 1.54) is 12.1 Å². The number of carbonyl (C=O) groups is 1. The summed E-state index contributed by atoms with van der Waals surface area (Å²) in [5.41, 5.74) is 6.70. The van der Waals surface area contributed by atoms with Gasteiger partial charge in [0.1, 0.15) is 12.4 Å². The third-order valence-corrected chi connectivity index (χ3v) is 3.24. The van der Waals surface area contributed by atoms with Crippen LogP contribution in [0, 0.1) is 9.39 Å². The quantitative estimate of drug-likeness (QED) is 0.512. The van der Waals surface area contributed by atoms with Crippen LogP contribution in [0.15, 0.2) is 42.5 Å². The molecule has 2 aromatic rings. The van der Waals surface area contributed by atoms with E-state index in [1.807, 2.05) is 24.3 Å². The van der Waals surface area contributed by atoms with Gasteiger partial charge in [0.05, 0.1) is 5.56 Å². The number of ether oxygens (including phenoxy) is 1. The second-order valence-electron chi connectivity index (χ2n) is 3.93. The van der Waals surface area contributed by atoms with Gasteiger partial charge in [0.15, 0.2) is 0 Å². The van der Waals surface area contributed by atoms with Gasteiger partial charge in [-0.15, -0.1) is 0 Å². The summed E-state index contributed by atoms with van der Waals surface area (Å²) in [5, 5.41) is 0. The SMILES string of the molecule is Nc1cc(F)ccc1C(=O)OCc1ccc(I)cc1. The van der Waals surface area contributed by atoms with Crippen molar-refractivity contribution in [1.29, 1.82) is 0 Å². The Morgan fingerprint density at radius 3 is 2.53 bits per heavy atom. The number of nitrogen functional groups attached to an aromatic ring is 1. The zero-order valence-electron chi connectivity index (χ0n) is 9.90. The number of rotatable bonds is 3. The fourth-order valence-electron chi connectivity index (χ4n) is 1.53. The number of carbonyl (C=O) groups excluding carboxylic acids is 1. The maximum Gasteiger partial charge on any atom is 0.340 e. The normalized spacial score (nSPS) is 10.2. The third kappa shape index (κ3) is 3.66. The largest absolute Gasteiger partial charge is 0.457 e. The van der Waals surface area contributed by atoms with Crippen LogP contribution >= 0.6 is 22.6 Å². The van der Waals surface area contributed by atoms with Gasteiger partial charge in [-0.05, 0) is 58.5 Å². The van der Waals surface area contributed by atoms with Crippen LogP contribution in [0.4, 0.5) is 10.1 Å². The van der Waals surface area contributed by atoms with Crippen molar-refractivity contribution in [2.45, 2.75) is 6.61 Å². The standard InChI is InChI=1S/C14H11FINO2/c15-10-3-6-12(13(17)7-10)14(18)19-8-9-1-4-11(16)5-2-9/h1-7H,8,17H2. The number of esters is 1. The minimum absolute atomic E-state index is 0.0765. The van der Waals surface area contributed by atoms with Crippen LogP contribution < -0.4 is 5.73 Å². The molecule has 0 saturated carbocycles. The zero-order chi connectivity index (χ0) is 13.8. The summed E-state index contributed by atoms with van der Waals surface area (Å²) in [4.78, 5) is 11.8. The van der Waals surface area contributed by atoms with Crippen molar-refractivity contribution in [3.63, 3.8) is 0 Å². The maximum absolute atomic E-state index is 12.9.